The van der Waals surface area contributed by atoms with Gasteiger partial charge in [-0.25, -0.2) is 4.98 Å². The van der Waals surface area contributed by atoms with Crippen LogP contribution in [0.25, 0.3) is 56.2 Å². The second-order valence-electron chi connectivity index (χ2n) is 14.9. The molecule has 1 heterocycles. The van der Waals surface area contributed by atoms with Crippen LogP contribution < -0.4 is 9.80 Å². The van der Waals surface area contributed by atoms with Crippen LogP contribution in [-0.4, -0.2) is 9.97 Å². The van der Waals surface area contributed by atoms with Gasteiger partial charge in [-0.2, -0.15) is 0 Å². The molecular weight excluding hydrogens is 741 g/mol. The molecule has 4 nitrogen and oxygen atoms in total. The largest absolute Gasteiger partial charge is 0.337 e. The number of aromatic amines is 1. The summed E-state index contributed by atoms with van der Waals surface area (Å²) >= 11 is 0. The van der Waals surface area contributed by atoms with Gasteiger partial charge in [-0.1, -0.05) is 176 Å². The van der Waals surface area contributed by atoms with Gasteiger partial charge in [0.05, 0.1) is 11.4 Å². The molecule has 0 spiro atoms. The topological polar surface area (TPSA) is 35.2 Å². The summed E-state index contributed by atoms with van der Waals surface area (Å²) in [6.07, 6.45) is 0. The summed E-state index contributed by atoms with van der Waals surface area (Å²) in [4.78, 5) is 13.5. The number of H-pyrrole nitrogens is 1. The highest BCUT2D eigenvalue weighted by Gasteiger charge is 2.17. The molecule has 0 aliphatic carbocycles. The van der Waals surface area contributed by atoms with Gasteiger partial charge in [-0.3, -0.25) is 0 Å². The number of anilines is 6. The van der Waals surface area contributed by atoms with Crippen molar-refractivity contribution in [1.82, 2.24) is 9.97 Å². The predicted molar refractivity (Wildman–Crippen MR) is 255 cm³/mol. The van der Waals surface area contributed by atoms with Crippen molar-refractivity contribution in [3.8, 4) is 56.2 Å². The Morgan fingerprint density at radius 1 is 0.246 bits per heavy atom. The first-order valence-electron chi connectivity index (χ1n) is 20.6. The molecule has 1 N–H and O–H groups in total. The van der Waals surface area contributed by atoms with Gasteiger partial charge in [0.15, 0.2) is 0 Å². The molecule has 0 unspecified atom stereocenters. The third-order valence-electron chi connectivity index (χ3n) is 11.1. The summed E-state index contributed by atoms with van der Waals surface area (Å²) in [5.74, 6) is 0.840. The lowest BCUT2D eigenvalue weighted by atomic mass is 9.98. The average Bonchev–Trinajstić information content (AvgIpc) is 3.80. The zero-order chi connectivity index (χ0) is 40.8. The van der Waals surface area contributed by atoms with Crippen LogP contribution in [0.1, 0.15) is 0 Å². The molecule has 0 aliphatic heterocycles. The van der Waals surface area contributed by atoms with E-state index < -0.39 is 0 Å². The quantitative estimate of drug-likeness (QED) is 0.142. The molecule has 10 aromatic rings. The van der Waals surface area contributed by atoms with Gasteiger partial charge in [-0.15, -0.1) is 0 Å². The zero-order valence-electron chi connectivity index (χ0n) is 33.5. The Bertz CT molecular complexity index is 2680. The van der Waals surface area contributed by atoms with E-state index in [2.05, 4.69) is 257 Å². The van der Waals surface area contributed by atoms with E-state index in [0.29, 0.717) is 0 Å². The molecule has 0 aliphatic rings. The number of imidazole rings is 1. The molecule has 10 rings (SSSR count). The Morgan fingerprint density at radius 2 is 0.525 bits per heavy atom. The first-order chi connectivity index (χ1) is 30.2. The third-order valence-corrected chi connectivity index (χ3v) is 11.1. The van der Waals surface area contributed by atoms with Gasteiger partial charge in [-0.05, 0) is 95.1 Å². The highest BCUT2D eigenvalue weighted by atomic mass is 15.1. The molecular formula is C57H42N4. The van der Waals surface area contributed by atoms with Crippen molar-refractivity contribution in [3.05, 3.63) is 249 Å². The minimum Gasteiger partial charge on any atom is -0.337 e. The van der Waals surface area contributed by atoms with Crippen molar-refractivity contribution in [1.29, 1.82) is 0 Å². The number of hydrogen-bond donors (Lipinski definition) is 1. The average molecular weight is 783 g/mol. The molecule has 4 heteroatoms. The van der Waals surface area contributed by atoms with E-state index in [9.17, 15) is 0 Å². The Balaban J connectivity index is 0.932. The minimum atomic E-state index is 0.840. The van der Waals surface area contributed by atoms with Crippen molar-refractivity contribution in [2.75, 3.05) is 9.80 Å². The zero-order valence-corrected chi connectivity index (χ0v) is 33.5. The molecule has 1 aromatic heterocycles. The molecule has 0 radical (unpaired) electrons. The first kappa shape index (κ1) is 37.1. The fourth-order valence-electron chi connectivity index (χ4n) is 7.98. The third kappa shape index (κ3) is 7.86. The van der Waals surface area contributed by atoms with E-state index in [-0.39, 0.29) is 0 Å². The monoisotopic (exact) mass is 782 g/mol. The number of rotatable bonds is 11. The standard InChI is InChI=1S/C57H42N4/c1-6-16-48(17-7-1)57-58-55(46-30-26-42(27-31-46)44-34-38-53(39-35-44)60(49-18-8-2-9-19-49)50-20-10-3-11-21-50)56(59-57)47-32-28-43(29-33-47)45-36-40-54(41-37-45)61(51-22-12-4-13-23-51)52-24-14-5-15-25-52/h1-41H,(H,58,59). The number of benzene rings is 9. The molecule has 0 saturated heterocycles. The van der Waals surface area contributed by atoms with Crippen LogP contribution in [-0.2, 0) is 0 Å². The van der Waals surface area contributed by atoms with Crippen LogP contribution in [0.5, 0.6) is 0 Å². The van der Waals surface area contributed by atoms with Crippen LogP contribution in [0, 0.1) is 0 Å². The van der Waals surface area contributed by atoms with Gasteiger partial charge >= 0.3 is 0 Å². The summed E-state index contributed by atoms with van der Waals surface area (Å²) in [6.45, 7) is 0. The lowest BCUT2D eigenvalue weighted by molar-refractivity contribution is 1.28. The number of hydrogen-bond acceptors (Lipinski definition) is 3. The molecule has 0 bridgehead atoms. The summed E-state index contributed by atoms with van der Waals surface area (Å²) in [7, 11) is 0. The number of aromatic nitrogens is 2. The SMILES string of the molecule is c1ccc(-c2nc(-c3ccc(-c4ccc(N(c5ccccc5)c5ccccc5)cc4)cc3)c(-c3ccc(-c4ccc(N(c5ccccc5)c5ccccc5)cc4)cc3)[nH]2)cc1. The van der Waals surface area contributed by atoms with Crippen molar-refractivity contribution in [2.45, 2.75) is 0 Å². The van der Waals surface area contributed by atoms with Crippen molar-refractivity contribution in [3.63, 3.8) is 0 Å². The van der Waals surface area contributed by atoms with Gasteiger partial charge in [0.2, 0.25) is 0 Å². The minimum absolute atomic E-state index is 0.840. The van der Waals surface area contributed by atoms with E-state index >= 15 is 0 Å². The number of para-hydroxylation sites is 4. The van der Waals surface area contributed by atoms with Crippen LogP contribution >= 0.6 is 0 Å². The van der Waals surface area contributed by atoms with Crippen LogP contribution in [0.4, 0.5) is 34.1 Å². The summed E-state index contributed by atoms with van der Waals surface area (Å²) < 4.78 is 0. The Kier molecular flexibility index (Phi) is 10.3. The van der Waals surface area contributed by atoms with Crippen LogP contribution in [0.3, 0.4) is 0 Å². The number of nitrogens with zero attached hydrogens (tertiary/aromatic N) is 3. The summed E-state index contributed by atoms with van der Waals surface area (Å²) in [6, 6.07) is 87.5. The van der Waals surface area contributed by atoms with Crippen molar-refractivity contribution >= 4 is 34.1 Å². The second-order valence-corrected chi connectivity index (χ2v) is 14.9. The van der Waals surface area contributed by atoms with Gasteiger partial charge in [0.1, 0.15) is 5.82 Å². The molecule has 61 heavy (non-hydrogen) atoms. The maximum Gasteiger partial charge on any atom is 0.138 e. The highest BCUT2D eigenvalue weighted by Crippen LogP contribution is 2.39. The maximum atomic E-state index is 5.21. The van der Waals surface area contributed by atoms with Crippen LogP contribution in [0.15, 0.2) is 249 Å². The van der Waals surface area contributed by atoms with E-state index in [4.69, 9.17) is 4.98 Å². The van der Waals surface area contributed by atoms with Crippen molar-refractivity contribution in [2.24, 2.45) is 0 Å². The summed E-state index contributed by atoms with van der Waals surface area (Å²) in [5, 5.41) is 0. The number of nitrogens with one attached hydrogen (secondary N) is 1. The lowest BCUT2D eigenvalue weighted by Crippen LogP contribution is -2.09. The fraction of sp³-hybridized carbons (Fsp3) is 0. The van der Waals surface area contributed by atoms with Gasteiger partial charge < -0.3 is 14.8 Å². The Morgan fingerprint density at radius 3 is 0.885 bits per heavy atom. The van der Waals surface area contributed by atoms with Crippen molar-refractivity contribution < 1.29 is 0 Å². The lowest BCUT2D eigenvalue weighted by Gasteiger charge is -2.25. The molecule has 0 atom stereocenters. The maximum absolute atomic E-state index is 5.21. The summed E-state index contributed by atoms with van der Waals surface area (Å²) in [5.41, 5.74) is 16.4. The van der Waals surface area contributed by atoms with Crippen LogP contribution in [0.2, 0.25) is 0 Å². The second kappa shape index (κ2) is 16.9. The Labute approximate surface area is 357 Å². The first-order valence-corrected chi connectivity index (χ1v) is 20.6. The predicted octanol–water partition coefficient (Wildman–Crippen LogP) is 15.7. The molecule has 0 saturated carbocycles. The molecule has 0 fully saturated rings. The smallest absolute Gasteiger partial charge is 0.138 e. The highest BCUT2D eigenvalue weighted by molar-refractivity contribution is 5.85. The van der Waals surface area contributed by atoms with E-state index in [1.54, 1.807) is 0 Å². The molecule has 290 valence electrons. The van der Waals surface area contributed by atoms with Gasteiger partial charge in [0.25, 0.3) is 0 Å². The fourth-order valence-corrected chi connectivity index (χ4v) is 7.98. The Hall–Kier alpha value is -8.21. The van der Waals surface area contributed by atoms with Gasteiger partial charge in [0, 0.05) is 50.8 Å². The van der Waals surface area contributed by atoms with E-state index in [0.717, 1.165) is 90.3 Å². The molecule has 9 aromatic carbocycles. The van der Waals surface area contributed by atoms with E-state index in [1.165, 1.54) is 0 Å². The van der Waals surface area contributed by atoms with E-state index in [1.807, 2.05) is 6.07 Å². The molecule has 0 amide bonds. The normalized spacial score (nSPS) is 11.0.